The van der Waals surface area contributed by atoms with Gasteiger partial charge in [0, 0.05) is 10.4 Å². The van der Waals surface area contributed by atoms with Gasteiger partial charge in [0.25, 0.3) is 0 Å². The summed E-state index contributed by atoms with van der Waals surface area (Å²) in [6.45, 7) is 2.03. The van der Waals surface area contributed by atoms with Crippen LogP contribution in [0.2, 0.25) is 0 Å². The molecule has 0 radical (unpaired) electrons. The fraction of sp³-hybridized carbons (Fsp3) is 0.143. The van der Waals surface area contributed by atoms with Crippen molar-refractivity contribution in [1.29, 1.82) is 0 Å². The highest BCUT2D eigenvalue weighted by atomic mass is 79.9. The van der Waals surface area contributed by atoms with Crippen molar-refractivity contribution in [2.75, 3.05) is 0 Å². The molecule has 0 aliphatic heterocycles. The molecule has 0 saturated heterocycles. The number of alkyl halides is 1. The lowest BCUT2D eigenvalue weighted by Crippen LogP contribution is -1.87. The van der Waals surface area contributed by atoms with Crippen LogP contribution in [-0.2, 0) is 5.88 Å². The van der Waals surface area contributed by atoms with Crippen molar-refractivity contribution in [3.63, 3.8) is 0 Å². The summed E-state index contributed by atoms with van der Waals surface area (Å²) in [5, 5.41) is 0. The van der Waals surface area contributed by atoms with Crippen LogP contribution in [0, 0.1) is 6.92 Å². The molecule has 0 unspecified atom stereocenters. The monoisotopic (exact) mass is 310 g/mol. The fourth-order valence-electron chi connectivity index (χ4n) is 1.51. The van der Waals surface area contributed by atoms with E-state index in [2.05, 4.69) is 15.9 Å². The minimum atomic E-state index is 0.497. The standard InChI is InChI=1S/C14H12BrClO/c1-10-7-13(5-6-14(10)15)17-12-4-2-3-11(8-12)9-16/h2-8H,9H2,1H3. The maximum absolute atomic E-state index is 5.79. The molecule has 0 aromatic heterocycles. The van der Waals surface area contributed by atoms with E-state index in [1.54, 1.807) is 0 Å². The normalized spacial score (nSPS) is 10.3. The zero-order valence-corrected chi connectivity index (χ0v) is 11.8. The van der Waals surface area contributed by atoms with Gasteiger partial charge >= 0.3 is 0 Å². The number of aryl methyl sites for hydroxylation is 1. The Labute approximate surface area is 115 Å². The van der Waals surface area contributed by atoms with Gasteiger partial charge in [-0.3, -0.25) is 0 Å². The molecule has 0 N–H and O–H groups in total. The number of hydrogen-bond acceptors (Lipinski definition) is 1. The van der Waals surface area contributed by atoms with Gasteiger partial charge in [-0.1, -0.05) is 28.1 Å². The van der Waals surface area contributed by atoms with E-state index in [-0.39, 0.29) is 0 Å². The number of hydrogen-bond donors (Lipinski definition) is 0. The highest BCUT2D eigenvalue weighted by molar-refractivity contribution is 9.10. The van der Waals surface area contributed by atoms with E-state index in [1.165, 1.54) is 0 Å². The van der Waals surface area contributed by atoms with Crippen molar-refractivity contribution in [2.24, 2.45) is 0 Å². The highest BCUT2D eigenvalue weighted by Crippen LogP contribution is 2.26. The summed E-state index contributed by atoms with van der Waals surface area (Å²) in [5.41, 5.74) is 2.20. The predicted octanol–water partition coefficient (Wildman–Crippen LogP) is 5.29. The number of benzene rings is 2. The molecule has 0 aliphatic rings. The Hall–Kier alpha value is -0.990. The van der Waals surface area contributed by atoms with Crippen molar-refractivity contribution in [2.45, 2.75) is 12.8 Å². The topological polar surface area (TPSA) is 9.23 Å². The second-order valence-electron chi connectivity index (χ2n) is 3.79. The van der Waals surface area contributed by atoms with Crippen LogP contribution in [0.25, 0.3) is 0 Å². The summed E-state index contributed by atoms with van der Waals surface area (Å²) in [6.07, 6.45) is 0. The van der Waals surface area contributed by atoms with Crippen LogP contribution in [0.15, 0.2) is 46.9 Å². The molecule has 3 heteroatoms. The summed E-state index contributed by atoms with van der Waals surface area (Å²) in [5.74, 6) is 2.14. The Kier molecular flexibility index (Phi) is 4.08. The summed E-state index contributed by atoms with van der Waals surface area (Å²) >= 11 is 9.25. The summed E-state index contributed by atoms with van der Waals surface area (Å²) in [7, 11) is 0. The number of halogens is 2. The first-order valence-electron chi connectivity index (χ1n) is 5.28. The van der Waals surface area contributed by atoms with Crippen LogP contribution < -0.4 is 4.74 Å². The molecule has 0 fully saturated rings. The fourth-order valence-corrected chi connectivity index (χ4v) is 1.92. The lowest BCUT2D eigenvalue weighted by molar-refractivity contribution is 0.481. The average Bonchev–Trinajstić information content (AvgIpc) is 2.34. The predicted molar refractivity (Wildman–Crippen MR) is 75.0 cm³/mol. The van der Waals surface area contributed by atoms with Crippen molar-refractivity contribution < 1.29 is 4.74 Å². The third kappa shape index (κ3) is 3.24. The zero-order chi connectivity index (χ0) is 12.3. The van der Waals surface area contributed by atoms with Crippen LogP contribution in [0.1, 0.15) is 11.1 Å². The molecule has 0 amide bonds. The minimum absolute atomic E-state index is 0.497. The molecule has 17 heavy (non-hydrogen) atoms. The van der Waals surface area contributed by atoms with Crippen LogP contribution >= 0.6 is 27.5 Å². The molecule has 88 valence electrons. The molecular formula is C14H12BrClO. The van der Waals surface area contributed by atoms with E-state index in [4.69, 9.17) is 16.3 Å². The second kappa shape index (κ2) is 5.56. The third-order valence-electron chi connectivity index (χ3n) is 2.42. The number of ether oxygens (including phenoxy) is 1. The van der Waals surface area contributed by atoms with Gasteiger partial charge in [-0.25, -0.2) is 0 Å². The summed E-state index contributed by atoms with van der Waals surface area (Å²) < 4.78 is 6.86. The Bertz CT molecular complexity index is 525. The largest absolute Gasteiger partial charge is 0.457 e. The SMILES string of the molecule is Cc1cc(Oc2cccc(CCl)c2)ccc1Br. The molecule has 2 aromatic rings. The molecule has 0 atom stereocenters. The van der Waals surface area contributed by atoms with E-state index in [1.807, 2.05) is 49.4 Å². The molecule has 0 saturated carbocycles. The average molecular weight is 312 g/mol. The van der Waals surface area contributed by atoms with Crippen molar-refractivity contribution >= 4 is 27.5 Å². The van der Waals surface area contributed by atoms with Gasteiger partial charge in [-0.05, 0) is 48.4 Å². The van der Waals surface area contributed by atoms with Crippen LogP contribution in [0.4, 0.5) is 0 Å². The smallest absolute Gasteiger partial charge is 0.127 e. The Balaban J connectivity index is 2.22. The molecule has 2 aromatic carbocycles. The quantitative estimate of drug-likeness (QED) is 0.700. The molecule has 0 bridgehead atoms. The Morgan fingerprint density at radius 2 is 1.88 bits per heavy atom. The highest BCUT2D eigenvalue weighted by Gasteiger charge is 2.01. The molecule has 0 aliphatic carbocycles. The van der Waals surface area contributed by atoms with E-state index in [0.717, 1.165) is 27.1 Å². The summed E-state index contributed by atoms with van der Waals surface area (Å²) in [4.78, 5) is 0. The first kappa shape index (κ1) is 12.5. The first-order chi connectivity index (χ1) is 8.19. The van der Waals surface area contributed by atoms with Gasteiger partial charge in [0.2, 0.25) is 0 Å². The maximum Gasteiger partial charge on any atom is 0.127 e. The van der Waals surface area contributed by atoms with Crippen molar-refractivity contribution in [1.82, 2.24) is 0 Å². The van der Waals surface area contributed by atoms with Crippen LogP contribution in [0.5, 0.6) is 11.5 Å². The van der Waals surface area contributed by atoms with Crippen LogP contribution in [0.3, 0.4) is 0 Å². The number of rotatable bonds is 3. The first-order valence-corrected chi connectivity index (χ1v) is 6.60. The van der Waals surface area contributed by atoms with Gasteiger partial charge in [-0.2, -0.15) is 0 Å². The van der Waals surface area contributed by atoms with E-state index < -0.39 is 0 Å². The van der Waals surface area contributed by atoms with Crippen molar-refractivity contribution in [3.8, 4) is 11.5 Å². The third-order valence-corrected chi connectivity index (χ3v) is 3.62. The van der Waals surface area contributed by atoms with Crippen LogP contribution in [-0.4, -0.2) is 0 Å². The second-order valence-corrected chi connectivity index (χ2v) is 4.92. The Morgan fingerprint density at radius 3 is 2.59 bits per heavy atom. The minimum Gasteiger partial charge on any atom is -0.457 e. The van der Waals surface area contributed by atoms with E-state index in [9.17, 15) is 0 Å². The summed E-state index contributed by atoms with van der Waals surface area (Å²) in [6, 6.07) is 13.7. The molecule has 1 nitrogen and oxygen atoms in total. The molecule has 0 heterocycles. The van der Waals surface area contributed by atoms with E-state index in [0.29, 0.717) is 5.88 Å². The van der Waals surface area contributed by atoms with Gasteiger partial charge < -0.3 is 4.74 Å². The van der Waals surface area contributed by atoms with Gasteiger partial charge in [0.15, 0.2) is 0 Å². The lowest BCUT2D eigenvalue weighted by Gasteiger charge is -2.08. The molecule has 2 rings (SSSR count). The lowest BCUT2D eigenvalue weighted by atomic mass is 10.2. The Morgan fingerprint density at radius 1 is 1.12 bits per heavy atom. The van der Waals surface area contributed by atoms with Crippen molar-refractivity contribution in [3.05, 3.63) is 58.1 Å². The molecular weight excluding hydrogens is 300 g/mol. The van der Waals surface area contributed by atoms with Gasteiger partial charge in [0.1, 0.15) is 11.5 Å². The van der Waals surface area contributed by atoms with E-state index >= 15 is 0 Å². The van der Waals surface area contributed by atoms with Gasteiger partial charge in [0.05, 0.1) is 0 Å². The van der Waals surface area contributed by atoms with Gasteiger partial charge in [-0.15, -0.1) is 11.6 Å². The maximum atomic E-state index is 5.79. The zero-order valence-electron chi connectivity index (χ0n) is 9.41. The molecule has 0 spiro atoms.